The number of amides is 2. The van der Waals surface area contributed by atoms with E-state index < -0.39 is 58.2 Å². The van der Waals surface area contributed by atoms with Crippen LogP contribution in [-0.4, -0.2) is 94.0 Å². The van der Waals surface area contributed by atoms with Crippen molar-refractivity contribution in [1.29, 1.82) is 0 Å². The maximum absolute atomic E-state index is 13.2. The molecule has 1 aromatic carbocycles. The van der Waals surface area contributed by atoms with Crippen molar-refractivity contribution in [1.82, 2.24) is 20.3 Å². The molecular weight excluding hydrogens is 660 g/mol. The number of aliphatic carboxylic acids is 1. The summed E-state index contributed by atoms with van der Waals surface area (Å²) in [6.45, 7) is 3.46. The van der Waals surface area contributed by atoms with E-state index in [9.17, 15) is 27.9 Å². The summed E-state index contributed by atoms with van der Waals surface area (Å²) < 4.78 is 41.0. The van der Waals surface area contributed by atoms with Crippen LogP contribution in [0.25, 0.3) is 11.1 Å². The highest BCUT2D eigenvalue weighted by Crippen LogP contribution is 2.33. The number of oxime groups is 1. The molecule has 1 fully saturated rings. The summed E-state index contributed by atoms with van der Waals surface area (Å²) in [5, 5.41) is 20.8. The lowest BCUT2D eigenvalue weighted by Gasteiger charge is -2.50. The molecule has 18 nitrogen and oxygen atoms in total. The number of nitrogens with two attached hydrogens (primary N) is 2. The van der Waals surface area contributed by atoms with E-state index in [4.69, 9.17) is 25.6 Å². The molecule has 47 heavy (non-hydrogen) atoms. The molecule has 20 heteroatoms. The second-order valence-electron chi connectivity index (χ2n) is 10.5. The van der Waals surface area contributed by atoms with E-state index in [0.29, 0.717) is 29.7 Å². The van der Waals surface area contributed by atoms with Crippen molar-refractivity contribution in [3.8, 4) is 16.9 Å². The molecule has 8 N–H and O–H groups in total. The number of thiazole rings is 1. The molecule has 2 atom stereocenters. The van der Waals surface area contributed by atoms with Gasteiger partial charge in [0.2, 0.25) is 0 Å². The molecular formula is C27H32N8O10S2. The molecule has 0 aliphatic carbocycles. The molecule has 3 aromatic rings. The van der Waals surface area contributed by atoms with Crippen LogP contribution in [0.15, 0.2) is 53.1 Å². The van der Waals surface area contributed by atoms with Gasteiger partial charge in [0.05, 0.1) is 5.54 Å². The number of nitrogens with zero attached hydrogens (tertiary/aromatic N) is 4. The van der Waals surface area contributed by atoms with Gasteiger partial charge in [-0.1, -0.05) is 17.3 Å². The van der Waals surface area contributed by atoms with Gasteiger partial charge in [-0.25, -0.2) is 14.8 Å². The molecule has 3 heterocycles. The number of hydrogen-bond donors (Lipinski definition) is 6. The van der Waals surface area contributed by atoms with Gasteiger partial charge >= 0.3 is 16.4 Å². The monoisotopic (exact) mass is 692 g/mol. The van der Waals surface area contributed by atoms with Crippen LogP contribution in [0, 0.1) is 0 Å². The van der Waals surface area contributed by atoms with Crippen LogP contribution in [0.1, 0.15) is 26.0 Å². The first-order chi connectivity index (χ1) is 22.2. The number of pyridine rings is 1. The minimum Gasteiger partial charge on any atom is -0.489 e. The smallest absolute Gasteiger partial charge is 0.418 e. The van der Waals surface area contributed by atoms with Gasteiger partial charge in [0, 0.05) is 18.1 Å². The van der Waals surface area contributed by atoms with E-state index in [0.717, 1.165) is 28.9 Å². The average Bonchev–Trinajstić information content (AvgIpc) is 3.45. The topological polar surface area (TPSA) is 271 Å². The number of nitrogens with one attached hydrogen (secondary N) is 2. The number of carboxylic acids is 1. The Labute approximate surface area is 272 Å². The molecule has 0 radical (unpaired) electrons. The first-order valence-corrected chi connectivity index (χ1v) is 16.1. The van der Waals surface area contributed by atoms with Crippen LogP contribution in [0.5, 0.6) is 5.75 Å². The Kier molecular flexibility index (Phi) is 10.9. The maximum atomic E-state index is 13.2. The molecule has 2 amide bonds. The highest BCUT2D eigenvalue weighted by molar-refractivity contribution is 7.80. The Morgan fingerprint density at radius 2 is 1.94 bits per heavy atom. The summed E-state index contributed by atoms with van der Waals surface area (Å²) >= 11 is 0.956. The minimum atomic E-state index is -5.02. The van der Waals surface area contributed by atoms with Crippen molar-refractivity contribution >= 4 is 56.2 Å². The van der Waals surface area contributed by atoms with Crippen molar-refractivity contribution in [2.24, 2.45) is 10.9 Å². The average molecular weight is 693 g/mol. The van der Waals surface area contributed by atoms with Gasteiger partial charge in [0.15, 0.2) is 10.8 Å². The van der Waals surface area contributed by atoms with Crippen molar-refractivity contribution in [2.75, 3.05) is 30.7 Å². The van der Waals surface area contributed by atoms with Crippen LogP contribution < -0.4 is 26.8 Å². The number of carboxylic acid groups (broad SMARTS) is 1. The van der Waals surface area contributed by atoms with E-state index in [1.165, 1.54) is 19.2 Å². The Hall–Kier alpha value is -4.89. The number of anilines is 2. The fourth-order valence-corrected chi connectivity index (χ4v) is 5.23. The van der Waals surface area contributed by atoms with Crippen molar-refractivity contribution in [3.05, 3.63) is 53.7 Å². The van der Waals surface area contributed by atoms with Gasteiger partial charge in [0.25, 0.3) is 17.9 Å². The number of aromatic nitrogens is 2. The summed E-state index contributed by atoms with van der Waals surface area (Å²) in [6, 6.07) is 9.24. The van der Waals surface area contributed by atoms with Crippen LogP contribution >= 0.6 is 11.3 Å². The molecule has 2 aromatic heterocycles. The van der Waals surface area contributed by atoms with E-state index >= 15 is 0 Å². The van der Waals surface area contributed by atoms with Crippen molar-refractivity contribution < 1.29 is 46.3 Å². The third-order valence-electron chi connectivity index (χ3n) is 6.68. The highest BCUT2D eigenvalue weighted by atomic mass is 32.3. The third-order valence-corrected chi connectivity index (χ3v) is 7.69. The molecule has 1 saturated heterocycles. The number of nitrogen functional groups attached to an aromatic ring is 1. The summed E-state index contributed by atoms with van der Waals surface area (Å²) in [7, 11) is -5.02. The fourth-order valence-electron chi connectivity index (χ4n) is 4.22. The number of hydroxylamine groups is 2. The van der Waals surface area contributed by atoms with E-state index in [2.05, 4.69) is 30.0 Å². The molecule has 252 valence electrons. The Morgan fingerprint density at radius 3 is 2.53 bits per heavy atom. The summed E-state index contributed by atoms with van der Waals surface area (Å²) in [6.07, 6.45) is 0.789. The number of rotatable bonds is 16. The second kappa shape index (κ2) is 14.7. The van der Waals surface area contributed by atoms with E-state index in [1.54, 1.807) is 30.5 Å². The van der Waals surface area contributed by atoms with Gasteiger partial charge in [-0.2, -0.15) is 13.5 Å². The van der Waals surface area contributed by atoms with Gasteiger partial charge < -0.3 is 36.8 Å². The maximum Gasteiger partial charge on any atom is 0.418 e. The van der Waals surface area contributed by atoms with Crippen LogP contribution in [0.2, 0.25) is 0 Å². The van der Waals surface area contributed by atoms with Crippen LogP contribution in [-0.2, 0) is 33.9 Å². The number of carbonyl (C=O) groups is 3. The molecule has 1 unspecified atom stereocenters. The van der Waals surface area contributed by atoms with Crippen LogP contribution in [0.3, 0.4) is 0 Å². The highest BCUT2D eigenvalue weighted by Gasteiger charge is 2.58. The zero-order chi connectivity index (χ0) is 34.4. The number of benzene rings is 1. The molecule has 4 rings (SSSR count). The predicted octanol–water partition coefficient (Wildman–Crippen LogP) is 0.641. The Bertz CT molecular complexity index is 1750. The minimum absolute atomic E-state index is 0.0562. The number of hydrogen-bond acceptors (Lipinski definition) is 15. The first-order valence-electron chi connectivity index (χ1n) is 13.8. The van der Waals surface area contributed by atoms with Gasteiger partial charge in [0.1, 0.15) is 29.9 Å². The number of carbonyl (C=O) groups excluding carboxylic acids is 2. The molecule has 0 saturated carbocycles. The lowest BCUT2D eigenvalue weighted by Crippen LogP contribution is -2.76. The zero-order valence-electron chi connectivity index (χ0n) is 25.0. The largest absolute Gasteiger partial charge is 0.489 e. The Balaban J connectivity index is 1.43. The Morgan fingerprint density at radius 1 is 1.21 bits per heavy atom. The first kappa shape index (κ1) is 35.0. The summed E-state index contributed by atoms with van der Waals surface area (Å²) in [5.74, 6) is -2.45. The molecule has 0 bridgehead atoms. The fraction of sp³-hybridized carbons (Fsp3) is 0.333. The van der Waals surface area contributed by atoms with Gasteiger partial charge in [-0.3, -0.25) is 14.1 Å². The van der Waals surface area contributed by atoms with E-state index in [-0.39, 0.29) is 10.8 Å². The third kappa shape index (κ3) is 8.89. The van der Waals surface area contributed by atoms with Gasteiger partial charge in [-0.05, 0) is 62.2 Å². The SMILES string of the molecule is CC1(C)[C@H](NC(=O)/C(=N\OC(COc2ccc(-c3ccnc(NCCCN)c3)cc2)C(=O)O)c2csc(N)n2)C(=O)N1OS(=O)(=O)O. The lowest BCUT2D eigenvalue weighted by atomic mass is 9.84. The van der Waals surface area contributed by atoms with Crippen molar-refractivity contribution in [2.45, 2.75) is 38.0 Å². The lowest BCUT2D eigenvalue weighted by molar-refractivity contribution is -0.218. The quantitative estimate of drug-likeness (QED) is 0.0395. The summed E-state index contributed by atoms with van der Waals surface area (Å²) in [4.78, 5) is 51.1. The molecule has 0 spiro atoms. The van der Waals surface area contributed by atoms with Crippen molar-refractivity contribution in [3.63, 3.8) is 0 Å². The normalized spacial score (nSPS) is 16.6. The molecule has 1 aliphatic rings. The van der Waals surface area contributed by atoms with Crippen LogP contribution in [0.4, 0.5) is 10.9 Å². The molecule has 1 aliphatic heterocycles. The van der Waals surface area contributed by atoms with E-state index in [1.807, 2.05) is 12.1 Å². The number of ether oxygens (including phenoxy) is 1. The summed E-state index contributed by atoms with van der Waals surface area (Å²) in [5.41, 5.74) is 10.9. The van der Waals surface area contributed by atoms with Gasteiger partial charge in [-0.15, -0.1) is 15.6 Å². The zero-order valence-corrected chi connectivity index (χ0v) is 26.7. The standard InChI is InChI=1S/C27H32N8O10S2/c1-27(2)22(24(37)35(27)45-47(40,41)42)33-23(36)21(18-14-46-26(29)32-18)34-44-19(25(38)39)13-43-17-6-4-15(5-7-17)16-8-11-31-20(12-16)30-10-3-9-28/h4-8,11-12,14,19,22H,3,9-10,13,28H2,1-2H3,(H2,29,32)(H,30,31)(H,33,36)(H,38,39)(H,40,41,42)/b34-21-/t19?,22-/m1/s1. The number of β-lactam (4-membered cyclic amide) rings is 1. The predicted molar refractivity (Wildman–Crippen MR) is 168 cm³/mol. The second-order valence-corrected chi connectivity index (χ2v) is 12.4.